The van der Waals surface area contributed by atoms with E-state index in [0.717, 1.165) is 25.0 Å². The summed E-state index contributed by atoms with van der Waals surface area (Å²) in [5.74, 6) is -1.15. The van der Waals surface area contributed by atoms with Crippen LogP contribution in [0.5, 0.6) is 0 Å². The molecule has 1 saturated carbocycles. The van der Waals surface area contributed by atoms with Crippen LogP contribution < -0.4 is 5.32 Å². The summed E-state index contributed by atoms with van der Waals surface area (Å²) in [6.07, 6.45) is 3.06. The van der Waals surface area contributed by atoms with Crippen LogP contribution in [0.2, 0.25) is 0 Å². The first-order chi connectivity index (χ1) is 9.88. The van der Waals surface area contributed by atoms with E-state index in [4.69, 9.17) is 0 Å². The van der Waals surface area contributed by atoms with Crippen LogP contribution in [0.15, 0.2) is 18.2 Å². The van der Waals surface area contributed by atoms with Gasteiger partial charge >= 0.3 is 0 Å². The molecule has 0 radical (unpaired) electrons. The van der Waals surface area contributed by atoms with Crippen molar-refractivity contribution in [2.75, 3.05) is 6.54 Å². The summed E-state index contributed by atoms with van der Waals surface area (Å²) in [7, 11) is 0. The fourth-order valence-electron chi connectivity index (χ4n) is 2.64. The maximum absolute atomic E-state index is 13.5. The quantitative estimate of drug-likeness (QED) is 0.897. The lowest BCUT2D eigenvalue weighted by Gasteiger charge is -2.34. The van der Waals surface area contributed by atoms with Gasteiger partial charge in [-0.1, -0.05) is 13.0 Å². The molecule has 1 aromatic rings. The SMILES string of the molecule is CC1CCC(O)(CNC(=O)Cc2ccc(F)cc2F)CC1. The van der Waals surface area contributed by atoms with Gasteiger partial charge in [0.25, 0.3) is 0 Å². The highest BCUT2D eigenvalue weighted by Gasteiger charge is 2.32. The van der Waals surface area contributed by atoms with E-state index in [0.29, 0.717) is 18.8 Å². The van der Waals surface area contributed by atoms with E-state index in [-0.39, 0.29) is 24.4 Å². The van der Waals surface area contributed by atoms with Gasteiger partial charge in [0.2, 0.25) is 5.91 Å². The van der Waals surface area contributed by atoms with E-state index in [1.165, 1.54) is 6.07 Å². The molecular weight excluding hydrogens is 276 g/mol. The van der Waals surface area contributed by atoms with Gasteiger partial charge in [0, 0.05) is 12.6 Å². The Bertz CT molecular complexity index is 511. The lowest BCUT2D eigenvalue weighted by molar-refractivity contribution is -0.122. The fraction of sp³-hybridized carbons (Fsp3) is 0.562. The molecule has 3 nitrogen and oxygen atoms in total. The van der Waals surface area contributed by atoms with Gasteiger partial charge in [-0.15, -0.1) is 0 Å². The summed E-state index contributed by atoms with van der Waals surface area (Å²) in [5, 5.41) is 13.0. The van der Waals surface area contributed by atoms with Crippen LogP contribution in [0.25, 0.3) is 0 Å². The molecule has 2 rings (SSSR count). The highest BCUT2D eigenvalue weighted by atomic mass is 19.1. The van der Waals surface area contributed by atoms with Crippen LogP contribution in [0.1, 0.15) is 38.2 Å². The molecule has 21 heavy (non-hydrogen) atoms. The van der Waals surface area contributed by atoms with Crippen molar-refractivity contribution in [3.05, 3.63) is 35.4 Å². The van der Waals surface area contributed by atoms with Gasteiger partial charge in [0.05, 0.1) is 12.0 Å². The minimum absolute atomic E-state index is 0.151. The average molecular weight is 297 g/mol. The minimum atomic E-state index is -0.858. The van der Waals surface area contributed by atoms with Crippen molar-refractivity contribution in [1.29, 1.82) is 0 Å². The maximum Gasteiger partial charge on any atom is 0.224 e. The molecule has 5 heteroatoms. The number of hydrogen-bond donors (Lipinski definition) is 2. The van der Waals surface area contributed by atoms with Crippen molar-refractivity contribution in [2.45, 2.75) is 44.6 Å². The first-order valence-corrected chi connectivity index (χ1v) is 7.31. The Morgan fingerprint density at radius 2 is 2.05 bits per heavy atom. The van der Waals surface area contributed by atoms with Crippen LogP contribution >= 0.6 is 0 Å². The third-order valence-electron chi connectivity index (χ3n) is 4.19. The van der Waals surface area contributed by atoms with Crippen LogP contribution in [0, 0.1) is 17.6 Å². The van der Waals surface area contributed by atoms with Gasteiger partial charge in [-0.25, -0.2) is 8.78 Å². The molecule has 0 bridgehead atoms. The van der Waals surface area contributed by atoms with E-state index in [1.807, 2.05) is 0 Å². The molecule has 1 aliphatic carbocycles. The van der Waals surface area contributed by atoms with Crippen molar-refractivity contribution >= 4 is 5.91 Å². The van der Waals surface area contributed by atoms with E-state index in [2.05, 4.69) is 12.2 Å². The van der Waals surface area contributed by atoms with Gasteiger partial charge in [0.1, 0.15) is 11.6 Å². The molecular formula is C16H21F2NO2. The molecule has 0 aromatic heterocycles. The van der Waals surface area contributed by atoms with Crippen molar-refractivity contribution in [3.63, 3.8) is 0 Å². The molecule has 116 valence electrons. The summed E-state index contributed by atoms with van der Waals surface area (Å²) < 4.78 is 26.2. The Morgan fingerprint density at radius 3 is 2.67 bits per heavy atom. The van der Waals surface area contributed by atoms with Crippen LogP contribution in [-0.4, -0.2) is 23.2 Å². The molecule has 1 aromatic carbocycles. The zero-order chi connectivity index (χ0) is 15.5. The molecule has 1 aliphatic rings. The Morgan fingerprint density at radius 1 is 1.38 bits per heavy atom. The lowest BCUT2D eigenvalue weighted by atomic mass is 9.79. The predicted molar refractivity (Wildman–Crippen MR) is 75.7 cm³/mol. The average Bonchev–Trinajstić information content (AvgIpc) is 2.44. The Labute approximate surface area is 123 Å². The van der Waals surface area contributed by atoms with Crippen molar-refractivity contribution in [1.82, 2.24) is 5.32 Å². The van der Waals surface area contributed by atoms with Gasteiger partial charge < -0.3 is 10.4 Å². The van der Waals surface area contributed by atoms with E-state index >= 15 is 0 Å². The fourth-order valence-corrected chi connectivity index (χ4v) is 2.64. The third-order valence-corrected chi connectivity index (χ3v) is 4.19. The third kappa shape index (κ3) is 4.49. The Kier molecular flexibility index (Phi) is 4.93. The summed E-state index contributed by atoms with van der Waals surface area (Å²) in [6.45, 7) is 2.33. The smallest absolute Gasteiger partial charge is 0.224 e. The van der Waals surface area contributed by atoms with Crippen molar-refractivity contribution in [3.8, 4) is 0 Å². The zero-order valence-electron chi connectivity index (χ0n) is 12.2. The summed E-state index contributed by atoms with van der Waals surface area (Å²) in [4.78, 5) is 11.8. The van der Waals surface area contributed by atoms with Gasteiger partial charge in [-0.2, -0.15) is 0 Å². The lowest BCUT2D eigenvalue weighted by Crippen LogP contribution is -2.45. The number of rotatable bonds is 4. The second-order valence-electron chi connectivity index (χ2n) is 6.10. The Hall–Kier alpha value is -1.49. The van der Waals surface area contributed by atoms with Crippen LogP contribution in [0.3, 0.4) is 0 Å². The molecule has 1 amide bonds. The second kappa shape index (κ2) is 6.52. The number of hydrogen-bond acceptors (Lipinski definition) is 2. The first kappa shape index (κ1) is 15.9. The van der Waals surface area contributed by atoms with Crippen LogP contribution in [0.4, 0.5) is 8.78 Å². The highest BCUT2D eigenvalue weighted by Crippen LogP contribution is 2.31. The number of carbonyl (C=O) groups excluding carboxylic acids is 1. The van der Waals surface area contributed by atoms with Crippen molar-refractivity contribution < 1.29 is 18.7 Å². The van der Waals surface area contributed by atoms with Crippen molar-refractivity contribution in [2.24, 2.45) is 5.92 Å². The number of amides is 1. The maximum atomic E-state index is 13.5. The van der Waals surface area contributed by atoms with Gasteiger partial charge in [0.15, 0.2) is 0 Å². The standard InChI is InChI=1S/C16H21F2NO2/c1-11-4-6-16(21,7-5-11)10-19-15(20)8-12-2-3-13(17)9-14(12)18/h2-3,9,11,21H,4-8,10H2,1H3,(H,19,20). The predicted octanol–water partition coefficient (Wildman–Crippen LogP) is 2.56. The molecule has 0 aliphatic heterocycles. The number of aliphatic hydroxyl groups is 1. The molecule has 0 spiro atoms. The number of nitrogens with one attached hydrogen (secondary N) is 1. The second-order valence-corrected chi connectivity index (χ2v) is 6.10. The molecule has 2 N–H and O–H groups in total. The van der Waals surface area contributed by atoms with E-state index in [1.54, 1.807) is 0 Å². The summed E-state index contributed by atoms with van der Waals surface area (Å²) in [6, 6.07) is 3.15. The van der Waals surface area contributed by atoms with Gasteiger partial charge in [-0.3, -0.25) is 4.79 Å². The van der Waals surface area contributed by atoms with Gasteiger partial charge in [-0.05, 0) is 43.2 Å². The van der Waals surface area contributed by atoms with E-state index in [9.17, 15) is 18.7 Å². The topological polar surface area (TPSA) is 49.3 Å². The molecule has 0 atom stereocenters. The Balaban J connectivity index is 1.84. The molecule has 1 fully saturated rings. The number of halogens is 2. The molecule has 0 unspecified atom stereocenters. The van der Waals surface area contributed by atoms with E-state index < -0.39 is 17.2 Å². The minimum Gasteiger partial charge on any atom is -0.388 e. The summed E-state index contributed by atoms with van der Waals surface area (Å²) in [5.41, 5.74) is -0.707. The molecule has 0 heterocycles. The first-order valence-electron chi connectivity index (χ1n) is 7.31. The largest absolute Gasteiger partial charge is 0.388 e. The highest BCUT2D eigenvalue weighted by molar-refractivity contribution is 5.78. The normalized spacial score (nSPS) is 25.6. The monoisotopic (exact) mass is 297 g/mol. The van der Waals surface area contributed by atoms with Crippen LogP contribution in [-0.2, 0) is 11.2 Å². The number of carbonyl (C=O) groups is 1. The summed E-state index contributed by atoms with van der Waals surface area (Å²) >= 11 is 0. The number of benzene rings is 1. The molecule has 0 saturated heterocycles. The zero-order valence-corrected chi connectivity index (χ0v) is 12.2.